The molecule has 3 nitrogen and oxygen atoms in total. The number of benzodiazepines with no additional fused rings is 1. The van der Waals surface area contributed by atoms with Crippen LogP contribution in [0.5, 0.6) is 0 Å². The summed E-state index contributed by atoms with van der Waals surface area (Å²) in [6, 6.07) is 17.2. The molecule has 1 aromatic heterocycles. The first kappa shape index (κ1) is 15.7. The first-order valence-corrected chi connectivity index (χ1v) is 8.85. The van der Waals surface area contributed by atoms with Gasteiger partial charge in [-0.2, -0.15) is 0 Å². The number of fused-ring (bicyclic) bond motifs is 1. The third kappa shape index (κ3) is 3.10. The Hall–Kier alpha value is -2.79. The van der Waals surface area contributed by atoms with Crippen LogP contribution in [0, 0.1) is 5.82 Å². The summed E-state index contributed by atoms with van der Waals surface area (Å²) < 4.78 is 14.4. The Bertz CT molecular complexity index is 950. The Labute approximate surface area is 148 Å². The SMILES string of the molecule is O=C1Nc2ccccc2C(c2ccccc2F)=NC1Cc1cccs1. The van der Waals surface area contributed by atoms with Crippen molar-refractivity contribution in [3.8, 4) is 0 Å². The summed E-state index contributed by atoms with van der Waals surface area (Å²) in [7, 11) is 0. The topological polar surface area (TPSA) is 41.5 Å². The number of hydrogen-bond donors (Lipinski definition) is 1. The predicted octanol–water partition coefficient (Wildman–Crippen LogP) is 4.29. The van der Waals surface area contributed by atoms with E-state index in [1.54, 1.807) is 29.5 Å². The Morgan fingerprint density at radius 3 is 2.52 bits per heavy atom. The van der Waals surface area contributed by atoms with Gasteiger partial charge in [-0.25, -0.2) is 4.39 Å². The Morgan fingerprint density at radius 1 is 1.00 bits per heavy atom. The smallest absolute Gasteiger partial charge is 0.249 e. The van der Waals surface area contributed by atoms with Crippen LogP contribution in [0.15, 0.2) is 71.0 Å². The van der Waals surface area contributed by atoms with Crippen molar-refractivity contribution >= 4 is 28.6 Å². The highest BCUT2D eigenvalue weighted by Gasteiger charge is 2.27. The quantitative estimate of drug-likeness (QED) is 0.752. The molecule has 2 aromatic carbocycles. The number of thiophene rings is 1. The molecular weight excluding hydrogens is 335 g/mol. The molecule has 1 atom stereocenters. The average Bonchev–Trinajstić information content (AvgIpc) is 3.08. The van der Waals surface area contributed by atoms with Crippen LogP contribution in [0.1, 0.15) is 16.0 Å². The number of carbonyl (C=O) groups excluding carboxylic acids is 1. The maximum atomic E-state index is 14.4. The maximum absolute atomic E-state index is 14.4. The van der Waals surface area contributed by atoms with Crippen LogP contribution in [0.25, 0.3) is 0 Å². The fraction of sp³-hybridized carbons (Fsp3) is 0.100. The average molecular weight is 350 g/mol. The van der Waals surface area contributed by atoms with Crippen molar-refractivity contribution in [2.75, 3.05) is 5.32 Å². The fourth-order valence-corrected chi connectivity index (χ4v) is 3.67. The second kappa shape index (κ2) is 6.61. The van der Waals surface area contributed by atoms with Crippen LogP contribution in [0.4, 0.5) is 10.1 Å². The summed E-state index contributed by atoms with van der Waals surface area (Å²) in [5.74, 6) is -0.521. The van der Waals surface area contributed by atoms with E-state index in [0.29, 0.717) is 23.4 Å². The Morgan fingerprint density at radius 2 is 1.76 bits per heavy atom. The molecule has 4 rings (SSSR count). The van der Waals surface area contributed by atoms with Crippen molar-refractivity contribution in [1.29, 1.82) is 0 Å². The number of benzene rings is 2. The van der Waals surface area contributed by atoms with Gasteiger partial charge in [-0.05, 0) is 29.6 Å². The largest absolute Gasteiger partial charge is 0.324 e. The Balaban J connectivity index is 1.85. The van der Waals surface area contributed by atoms with Gasteiger partial charge in [0.15, 0.2) is 0 Å². The molecule has 0 radical (unpaired) electrons. The second-order valence-electron chi connectivity index (χ2n) is 5.79. The number of amides is 1. The van der Waals surface area contributed by atoms with E-state index in [1.165, 1.54) is 6.07 Å². The lowest BCUT2D eigenvalue weighted by Gasteiger charge is -2.10. The van der Waals surface area contributed by atoms with E-state index in [1.807, 2.05) is 41.8 Å². The van der Waals surface area contributed by atoms with Crippen molar-refractivity contribution in [1.82, 2.24) is 0 Å². The standard InChI is InChI=1S/C20H15FN2OS/c21-16-9-3-1-7-14(16)19-15-8-2-4-10-17(15)23-20(24)18(22-19)12-13-6-5-11-25-13/h1-11,18H,12H2,(H,23,24). The van der Waals surface area contributed by atoms with Gasteiger partial charge < -0.3 is 5.32 Å². The van der Waals surface area contributed by atoms with Crippen LogP contribution < -0.4 is 5.32 Å². The number of aliphatic imine (C=N–C) groups is 1. The second-order valence-corrected chi connectivity index (χ2v) is 6.82. The number of carbonyl (C=O) groups is 1. The summed E-state index contributed by atoms with van der Waals surface area (Å²) >= 11 is 1.59. The lowest BCUT2D eigenvalue weighted by atomic mass is 10.00. The van der Waals surface area contributed by atoms with Gasteiger partial charge in [0, 0.05) is 22.4 Å². The fourth-order valence-electron chi connectivity index (χ4n) is 2.92. The summed E-state index contributed by atoms with van der Waals surface area (Å²) in [5, 5.41) is 4.91. The van der Waals surface area contributed by atoms with Crippen LogP contribution >= 0.6 is 11.3 Å². The van der Waals surface area contributed by atoms with E-state index in [9.17, 15) is 9.18 Å². The molecule has 1 unspecified atom stereocenters. The molecule has 3 aromatic rings. The van der Waals surface area contributed by atoms with Crippen molar-refractivity contribution in [2.45, 2.75) is 12.5 Å². The number of nitrogens with one attached hydrogen (secondary N) is 1. The van der Waals surface area contributed by atoms with Gasteiger partial charge in [-0.1, -0.05) is 36.4 Å². The summed E-state index contributed by atoms with van der Waals surface area (Å²) in [6.45, 7) is 0. The molecule has 0 spiro atoms. The molecular formula is C20H15FN2OS. The third-order valence-corrected chi connectivity index (χ3v) is 5.03. The molecule has 0 saturated heterocycles. The van der Waals surface area contributed by atoms with E-state index in [4.69, 9.17) is 0 Å². The normalized spacial score (nSPS) is 16.6. The number of halogens is 1. The van der Waals surface area contributed by atoms with Crippen LogP contribution in [-0.2, 0) is 11.2 Å². The minimum Gasteiger partial charge on any atom is -0.324 e. The monoisotopic (exact) mass is 350 g/mol. The third-order valence-electron chi connectivity index (χ3n) is 4.13. The highest BCUT2D eigenvalue weighted by atomic mass is 32.1. The number of para-hydroxylation sites is 1. The lowest BCUT2D eigenvalue weighted by molar-refractivity contribution is -0.117. The Kier molecular flexibility index (Phi) is 4.15. The first-order chi connectivity index (χ1) is 12.2. The summed E-state index contributed by atoms with van der Waals surface area (Å²) in [6.07, 6.45) is 0.495. The predicted molar refractivity (Wildman–Crippen MR) is 98.9 cm³/mol. The van der Waals surface area contributed by atoms with E-state index in [2.05, 4.69) is 10.3 Å². The molecule has 25 heavy (non-hydrogen) atoms. The molecule has 1 N–H and O–H groups in total. The number of nitrogens with zero attached hydrogens (tertiary/aromatic N) is 1. The molecule has 0 bridgehead atoms. The van der Waals surface area contributed by atoms with Gasteiger partial charge in [-0.3, -0.25) is 9.79 Å². The molecule has 0 fully saturated rings. The van der Waals surface area contributed by atoms with E-state index in [0.717, 1.165) is 10.4 Å². The zero-order valence-corrected chi connectivity index (χ0v) is 14.1. The van der Waals surface area contributed by atoms with Crippen molar-refractivity contribution in [2.24, 2.45) is 4.99 Å². The molecule has 2 heterocycles. The van der Waals surface area contributed by atoms with Crippen molar-refractivity contribution in [3.05, 3.63) is 87.9 Å². The van der Waals surface area contributed by atoms with Gasteiger partial charge in [0.05, 0.1) is 11.4 Å². The van der Waals surface area contributed by atoms with Gasteiger partial charge in [-0.15, -0.1) is 11.3 Å². The van der Waals surface area contributed by atoms with Crippen molar-refractivity contribution < 1.29 is 9.18 Å². The molecule has 124 valence electrons. The van der Waals surface area contributed by atoms with Gasteiger partial charge >= 0.3 is 0 Å². The molecule has 5 heteroatoms. The molecule has 1 aliphatic rings. The number of rotatable bonds is 3. The molecule has 0 saturated carbocycles. The van der Waals surface area contributed by atoms with Crippen LogP contribution in [-0.4, -0.2) is 17.7 Å². The molecule has 1 aliphatic heterocycles. The minimum atomic E-state index is -0.597. The lowest BCUT2D eigenvalue weighted by Crippen LogP contribution is -2.27. The molecule has 0 aliphatic carbocycles. The number of hydrogen-bond acceptors (Lipinski definition) is 3. The van der Waals surface area contributed by atoms with Crippen molar-refractivity contribution in [3.63, 3.8) is 0 Å². The zero-order chi connectivity index (χ0) is 17.2. The number of anilines is 1. The summed E-state index contributed by atoms with van der Waals surface area (Å²) in [5.41, 5.74) is 2.30. The summed E-state index contributed by atoms with van der Waals surface area (Å²) in [4.78, 5) is 18.4. The molecule has 1 amide bonds. The highest BCUT2D eigenvalue weighted by Crippen LogP contribution is 2.26. The zero-order valence-electron chi connectivity index (χ0n) is 13.3. The van der Waals surface area contributed by atoms with E-state index >= 15 is 0 Å². The van der Waals surface area contributed by atoms with Gasteiger partial charge in [0.25, 0.3) is 0 Å². The minimum absolute atomic E-state index is 0.174. The van der Waals surface area contributed by atoms with E-state index in [-0.39, 0.29) is 11.7 Å². The highest BCUT2D eigenvalue weighted by molar-refractivity contribution is 7.09. The van der Waals surface area contributed by atoms with Gasteiger partial charge in [0.1, 0.15) is 11.9 Å². The van der Waals surface area contributed by atoms with Crippen LogP contribution in [0.2, 0.25) is 0 Å². The van der Waals surface area contributed by atoms with Gasteiger partial charge in [0.2, 0.25) is 5.91 Å². The maximum Gasteiger partial charge on any atom is 0.249 e. The first-order valence-electron chi connectivity index (χ1n) is 7.98. The van der Waals surface area contributed by atoms with Crippen LogP contribution in [0.3, 0.4) is 0 Å². The van der Waals surface area contributed by atoms with E-state index < -0.39 is 6.04 Å².